The number of hydrazone groups is 1. The molecule has 0 aromatic heterocycles. The van der Waals surface area contributed by atoms with Crippen molar-refractivity contribution >= 4 is 17.4 Å². The lowest BCUT2D eigenvalue weighted by Gasteiger charge is -2.10. The Balaban J connectivity index is 2.07. The molecule has 0 fully saturated rings. The average molecular weight is 371 g/mol. The van der Waals surface area contributed by atoms with Crippen LogP contribution in [0.4, 0.5) is 5.69 Å². The molecule has 0 spiro atoms. The summed E-state index contributed by atoms with van der Waals surface area (Å²) in [5.74, 6) is -1.56. The van der Waals surface area contributed by atoms with E-state index in [9.17, 15) is 20.3 Å². The van der Waals surface area contributed by atoms with Gasteiger partial charge in [0.15, 0.2) is 5.71 Å². The number of nitriles is 1. The molecule has 6 heteroatoms. The van der Waals surface area contributed by atoms with Gasteiger partial charge in [-0.3, -0.25) is 5.43 Å². The van der Waals surface area contributed by atoms with E-state index in [0.29, 0.717) is 16.8 Å². The maximum atomic E-state index is 11.8. The molecule has 0 heterocycles. The average Bonchev–Trinajstić information content (AvgIpc) is 2.69. The van der Waals surface area contributed by atoms with E-state index in [4.69, 9.17) is 0 Å². The van der Waals surface area contributed by atoms with E-state index in [2.05, 4.69) is 10.5 Å². The molecule has 3 N–H and O–H groups in total. The Kier molecular flexibility index (Phi) is 5.38. The third-order valence-electron chi connectivity index (χ3n) is 4.14. The number of nitrogens with zero attached hydrogens (tertiary/aromatic N) is 2. The molecular formula is C22H17N3O3. The maximum Gasteiger partial charge on any atom is 0.356 e. The first-order valence-corrected chi connectivity index (χ1v) is 8.46. The summed E-state index contributed by atoms with van der Waals surface area (Å²) >= 11 is 0. The number of hydrogen-bond donors (Lipinski definition) is 3. The minimum Gasteiger partial charge on any atom is -0.507 e. The molecule has 0 aliphatic carbocycles. The van der Waals surface area contributed by atoms with E-state index in [0.717, 1.165) is 5.56 Å². The first-order valence-electron chi connectivity index (χ1n) is 8.46. The van der Waals surface area contributed by atoms with Crippen LogP contribution in [-0.2, 0) is 4.79 Å². The number of phenolic OH excluding ortho intramolecular Hbond substituents is 1. The Labute approximate surface area is 162 Å². The fourth-order valence-corrected chi connectivity index (χ4v) is 2.71. The Morgan fingerprint density at radius 3 is 2.36 bits per heavy atom. The maximum absolute atomic E-state index is 11.8. The third-order valence-corrected chi connectivity index (χ3v) is 4.14. The van der Waals surface area contributed by atoms with Crippen molar-refractivity contribution in [3.05, 3.63) is 83.4 Å². The Bertz CT molecular complexity index is 1080. The predicted octanol–water partition coefficient (Wildman–Crippen LogP) is 4.14. The number of hydrogen-bond acceptors (Lipinski definition) is 5. The number of nitrogens with one attached hydrogen (secondary N) is 1. The minimum absolute atomic E-state index is 0.0752. The first kappa shape index (κ1) is 18.7. The molecule has 0 unspecified atom stereocenters. The number of phenols is 1. The number of aliphatic carboxylic acids is 1. The Hall–Kier alpha value is -4.11. The number of rotatable bonds is 5. The summed E-state index contributed by atoms with van der Waals surface area (Å²) in [6.45, 7) is 1.94. The molecule has 0 saturated carbocycles. The van der Waals surface area contributed by atoms with Crippen molar-refractivity contribution < 1.29 is 15.0 Å². The number of carbonyl (C=O) groups is 1. The van der Waals surface area contributed by atoms with Gasteiger partial charge in [-0.05, 0) is 36.8 Å². The summed E-state index contributed by atoms with van der Waals surface area (Å²) in [6.07, 6.45) is 0. The molecule has 3 rings (SSSR count). The summed E-state index contributed by atoms with van der Waals surface area (Å²) in [4.78, 5) is 11.8. The van der Waals surface area contributed by atoms with Gasteiger partial charge in [0.2, 0.25) is 0 Å². The highest BCUT2D eigenvalue weighted by Crippen LogP contribution is 2.31. The quantitative estimate of drug-likeness (QED) is 0.462. The SMILES string of the molecule is Cc1ccc(N/N=C(\C(=O)O)c2cc(O)c(C#N)c(-c3ccccc3)c2)cc1. The van der Waals surface area contributed by atoms with Crippen molar-refractivity contribution in [3.63, 3.8) is 0 Å². The highest BCUT2D eigenvalue weighted by atomic mass is 16.4. The van der Waals surface area contributed by atoms with Crippen LogP contribution in [0.2, 0.25) is 0 Å². The van der Waals surface area contributed by atoms with E-state index in [1.54, 1.807) is 36.4 Å². The van der Waals surface area contributed by atoms with Gasteiger partial charge in [0, 0.05) is 11.1 Å². The summed E-state index contributed by atoms with van der Waals surface area (Å²) in [5.41, 5.74) is 5.51. The molecule has 0 atom stereocenters. The second-order valence-corrected chi connectivity index (χ2v) is 6.14. The summed E-state index contributed by atoms with van der Waals surface area (Å²) in [5, 5.41) is 33.3. The molecule has 6 nitrogen and oxygen atoms in total. The van der Waals surface area contributed by atoms with E-state index in [-0.39, 0.29) is 22.6 Å². The van der Waals surface area contributed by atoms with Gasteiger partial charge in [-0.25, -0.2) is 4.79 Å². The molecule has 138 valence electrons. The van der Waals surface area contributed by atoms with Gasteiger partial charge < -0.3 is 10.2 Å². The van der Waals surface area contributed by atoms with Gasteiger partial charge in [-0.15, -0.1) is 0 Å². The first-order chi connectivity index (χ1) is 13.5. The summed E-state index contributed by atoms with van der Waals surface area (Å²) in [7, 11) is 0. The normalized spacial score (nSPS) is 10.9. The molecule has 0 bridgehead atoms. The van der Waals surface area contributed by atoms with Crippen LogP contribution in [0.25, 0.3) is 11.1 Å². The zero-order chi connectivity index (χ0) is 20.1. The van der Waals surface area contributed by atoms with Crippen molar-refractivity contribution in [1.82, 2.24) is 0 Å². The number of carboxylic acid groups (broad SMARTS) is 1. The van der Waals surface area contributed by atoms with E-state index in [1.807, 2.05) is 31.2 Å². The standard InChI is InChI=1S/C22H17N3O3/c1-14-7-9-17(10-8-14)24-25-21(22(27)28)16-11-18(15-5-3-2-4-6-15)19(13-23)20(26)12-16/h2-12,24,26H,1H3,(H,27,28)/b25-21-. The number of aromatic hydroxyl groups is 1. The molecule has 0 aliphatic heterocycles. The number of aryl methyl sites for hydroxylation is 1. The third kappa shape index (κ3) is 4.00. The van der Waals surface area contributed by atoms with Crippen molar-refractivity contribution in [2.75, 3.05) is 5.43 Å². The zero-order valence-electron chi connectivity index (χ0n) is 15.0. The van der Waals surface area contributed by atoms with E-state index in [1.165, 1.54) is 12.1 Å². The van der Waals surface area contributed by atoms with Crippen molar-refractivity contribution in [1.29, 1.82) is 5.26 Å². The number of benzene rings is 3. The molecule has 28 heavy (non-hydrogen) atoms. The van der Waals surface area contributed by atoms with E-state index < -0.39 is 5.97 Å². The van der Waals surface area contributed by atoms with E-state index >= 15 is 0 Å². The van der Waals surface area contributed by atoms with Gasteiger partial charge in [-0.2, -0.15) is 10.4 Å². The van der Waals surface area contributed by atoms with Gasteiger partial charge in [0.25, 0.3) is 0 Å². The topological polar surface area (TPSA) is 106 Å². The van der Waals surface area contributed by atoms with Crippen molar-refractivity contribution in [2.45, 2.75) is 6.92 Å². The van der Waals surface area contributed by atoms with Gasteiger partial charge >= 0.3 is 5.97 Å². The second kappa shape index (κ2) is 8.06. The monoisotopic (exact) mass is 371 g/mol. The minimum atomic E-state index is -1.26. The molecule has 3 aromatic carbocycles. The van der Waals surface area contributed by atoms with Crippen LogP contribution in [0, 0.1) is 18.3 Å². The smallest absolute Gasteiger partial charge is 0.356 e. The summed E-state index contributed by atoms with van der Waals surface area (Å²) < 4.78 is 0. The lowest BCUT2D eigenvalue weighted by molar-refractivity contribution is -0.129. The Morgan fingerprint density at radius 1 is 1.07 bits per heavy atom. The highest BCUT2D eigenvalue weighted by Gasteiger charge is 2.19. The summed E-state index contributed by atoms with van der Waals surface area (Å²) in [6, 6.07) is 21.0. The van der Waals surface area contributed by atoms with Crippen LogP contribution < -0.4 is 5.43 Å². The van der Waals surface area contributed by atoms with Crippen LogP contribution in [0.5, 0.6) is 5.75 Å². The molecule has 3 aromatic rings. The predicted molar refractivity (Wildman–Crippen MR) is 107 cm³/mol. The highest BCUT2D eigenvalue weighted by molar-refractivity contribution is 6.42. The fraction of sp³-hybridized carbons (Fsp3) is 0.0455. The zero-order valence-corrected chi connectivity index (χ0v) is 15.0. The second-order valence-electron chi connectivity index (χ2n) is 6.14. The van der Waals surface area contributed by atoms with Crippen LogP contribution in [-0.4, -0.2) is 21.9 Å². The molecule has 0 amide bonds. The fourth-order valence-electron chi connectivity index (χ4n) is 2.71. The molecule has 0 aliphatic rings. The van der Waals surface area contributed by atoms with Crippen molar-refractivity contribution in [2.24, 2.45) is 5.10 Å². The van der Waals surface area contributed by atoms with Crippen molar-refractivity contribution in [3.8, 4) is 22.9 Å². The number of carboxylic acids is 1. The largest absolute Gasteiger partial charge is 0.507 e. The lowest BCUT2D eigenvalue weighted by Crippen LogP contribution is -2.16. The van der Waals surface area contributed by atoms with Crippen LogP contribution >= 0.6 is 0 Å². The number of anilines is 1. The van der Waals surface area contributed by atoms with Gasteiger partial charge in [-0.1, -0.05) is 48.0 Å². The molecular weight excluding hydrogens is 354 g/mol. The Morgan fingerprint density at radius 2 is 1.75 bits per heavy atom. The van der Waals surface area contributed by atoms with Gasteiger partial charge in [0.1, 0.15) is 17.4 Å². The molecule has 0 radical (unpaired) electrons. The lowest BCUT2D eigenvalue weighted by atomic mass is 9.95. The van der Waals surface area contributed by atoms with Crippen LogP contribution in [0.15, 0.2) is 71.8 Å². The van der Waals surface area contributed by atoms with Gasteiger partial charge in [0.05, 0.1) is 5.69 Å². The van der Waals surface area contributed by atoms with Crippen LogP contribution in [0.1, 0.15) is 16.7 Å². The molecule has 0 saturated heterocycles. The van der Waals surface area contributed by atoms with Crippen LogP contribution in [0.3, 0.4) is 0 Å².